The minimum absolute atomic E-state index is 0. The Morgan fingerprint density at radius 3 is 0.862 bits per heavy atom. The van der Waals surface area contributed by atoms with Crippen LogP contribution in [-0.4, -0.2) is 84.3 Å². The van der Waals surface area contributed by atoms with Gasteiger partial charge in [-0.1, -0.05) is 202 Å². The van der Waals surface area contributed by atoms with Gasteiger partial charge in [-0.15, -0.1) is 0 Å². The molecule has 364 valence electrons. The van der Waals surface area contributed by atoms with Crippen LogP contribution in [0.5, 0.6) is 0 Å². The van der Waals surface area contributed by atoms with E-state index < -0.39 is 23.5 Å². The summed E-state index contributed by atoms with van der Waals surface area (Å²) in [5.41, 5.74) is 2.14. The molecule has 10 nitrogen and oxygen atoms in total. The van der Waals surface area contributed by atoms with Gasteiger partial charge < -0.3 is 38.7 Å². The van der Waals surface area contributed by atoms with E-state index in [0.717, 1.165) is 75.3 Å². The summed E-state index contributed by atoms with van der Waals surface area (Å²) in [5, 5.41) is 20.7. The largest absolute Gasteiger partial charge is 2.00 e. The number of rotatable bonds is 40. The third-order valence-electron chi connectivity index (χ3n) is 11.5. The summed E-state index contributed by atoms with van der Waals surface area (Å²) in [6.45, 7) is 7.46. The van der Waals surface area contributed by atoms with Crippen molar-refractivity contribution in [3.05, 3.63) is 71.8 Å². The van der Waals surface area contributed by atoms with Gasteiger partial charge >= 0.3 is 60.8 Å². The summed E-state index contributed by atoms with van der Waals surface area (Å²) < 4.78 is 22.9. The number of unbranched alkanes of at least 4 members (excludes halogenated alkanes) is 24. The zero-order valence-corrected chi connectivity index (χ0v) is 45.6. The van der Waals surface area contributed by atoms with Gasteiger partial charge in [-0.05, 0) is 49.7 Å². The number of carbonyl (C=O) groups excluding carboxylic acids is 4. The van der Waals surface area contributed by atoms with Crippen LogP contribution >= 0.6 is 0 Å². The molecule has 2 rings (SSSR count). The Balaban J connectivity index is 0.00000124. The van der Waals surface area contributed by atoms with Crippen LogP contribution in [-0.2, 0) is 51.3 Å². The van der Waals surface area contributed by atoms with Crippen LogP contribution in [0.3, 0.4) is 0 Å². The van der Waals surface area contributed by atoms with E-state index in [1.807, 2.05) is 74.5 Å². The smallest absolute Gasteiger partial charge is 0.550 e. The van der Waals surface area contributed by atoms with Gasteiger partial charge in [0.05, 0.1) is 13.2 Å². The molecule has 0 spiro atoms. The molecule has 0 fully saturated rings. The molecule has 0 saturated heterocycles. The van der Waals surface area contributed by atoms with Crippen LogP contribution in [0.2, 0.25) is 0 Å². The Hall–Kier alpha value is -2.19. The Labute approximate surface area is 434 Å². The minimum atomic E-state index is -0.931. The maximum Gasteiger partial charge on any atom is 2.00 e. The first-order chi connectivity index (χ1) is 30.8. The van der Waals surface area contributed by atoms with Gasteiger partial charge in [-0.25, -0.2) is 0 Å². The van der Waals surface area contributed by atoms with Gasteiger partial charge in [0.2, 0.25) is 11.6 Å². The molecule has 0 radical (unpaired) electrons. The summed E-state index contributed by atoms with van der Waals surface area (Å²) in [6, 6.07) is 19.9. The molecule has 65 heavy (non-hydrogen) atoms. The molecule has 2 aromatic rings. The number of esters is 2. The molecule has 0 aliphatic rings. The maximum absolute atomic E-state index is 11.5. The first-order valence-corrected chi connectivity index (χ1v) is 25.0. The van der Waals surface area contributed by atoms with E-state index in [2.05, 4.69) is 0 Å². The molecule has 11 heteroatoms. The minimum Gasteiger partial charge on any atom is -0.550 e. The summed E-state index contributed by atoms with van der Waals surface area (Å²) in [7, 11) is 0. The van der Waals surface area contributed by atoms with Crippen molar-refractivity contribution in [2.45, 2.75) is 245 Å². The number of carboxylic acid groups (broad SMARTS) is 2. The van der Waals surface area contributed by atoms with E-state index in [4.69, 9.17) is 18.9 Å². The van der Waals surface area contributed by atoms with Gasteiger partial charge in [0, 0.05) is 52.5 Å². The molecule has 0 aromatic heterocycles. The standard InChI is InChI=1S/2C27H44O5.Ba/c2*1-24(28)32-27(2,31-23-25-19-15-14-16-20-25)22-18-13-11-9-7-5-3-4-6-8-10-12-17-21-26(29)30;/h2*14-16,19-20H,3-13,17-18,21-23H2,1-2H3,(H,29,30);/q;;+2/p-2. The van der Waals surface area contributed by atoms with Crippen molar-refractivity contribution in [2.24, 2.45) is 0 Å². The average molecular weight is 1030 g/mol. The second-order valence-corrected chi connectivity index (χ2v) is 17.9. The summed E-state index contributed by atoms with van der Waals surface area (Å²) in [6.07, 6.45) is 31.9. The van der Waals surface area contributed by atoms with Crippen molar-refractivity contribution in [3.63, 3.8) is 0 Å². The SMILES string of the molecule is CC(=O)OC(C)(CCCCCCCCCCCCCCCC(=O)[O-])OCc1ccccc1.CC(=O)OC(C)(CCCCCCCCCCCCCCCC(=O)[O-])OCc1ccccc1.[Ba+2]. The van der Waals surface area contributed by atoms with Crippen LogP contribution in [0.25, 0.3) is 0 Å². The Morgan fingerprint density at radius 1 is 0.400 bits per heavy atom. The van der Waals surface area contributed by atoms with E-state index in [1.165, 1.54) is 117 Å². The Morgan fingerprint density at radius 2 is 0.631 bits per heavy atom. The van der Waals surface area contributed by atoms with E-state index in [-0.39, 0.29) is 73.7 Å². The molecule has 2 unspecified atom stereocenters. The molecule has 0 aliphatic carbocycles. The van der Waals surface area contributed by atoms with Crippen LogP contribution in [0, 0.1) is 0 Å². The zero-order valence-electron chi connectivity index (χ0n) is 41.2. The normalized spacial score (nSPS) is 12.7. The predicted molar refractivity (Wildman–Crippen MR) is 257 cm³/mol. The Bertz CT molecular complexity index is 1350. The van der Waals surface area contributed by atoms with Crippen molar-refractivity contribution in [1.82, 2.24) is 0 Å². The fourth-order valence-electron chi connectivity index (χ4n) is 7.85. The molecule has 0 bridgehead atoms. The number of carbonyl (C=O) groups is 4. The van der Waals surface area contributed by atoms with Crippen LogP contribution in [0.1, 0.15) is 231 Å². The third kappa shape index (κ3) is 40.6. The van der Waals surface area contributed by atoms with E-state index in [0.29, 0.717) is 26.1 Å². The van der Waals surface area contributed by atoms with Gasteiger partial charge in [-0.3, -0.25) is 9.59 Å². The average Bonchev–Trinajstić information content (AvgIpc) is 3.25. The molecule has 0 amide bonds. The van der Waals surface area contributed by atoms with E-state index in [9.17, 15) is 29.4 Å². The number of carboxylic acids is 2. The molecule has 2 aromatic carbocycles. The topological polar surface area (TPSA) is 151 Å². The van der Waals surface area contributed by atoms with Crippen LogP contribution < -0.4 is 10.2 Å². The zero-order chi connectivity index (χ0) is 47.0. The van der Waals surface area contributed by atoms with Crippen molar-refractivity contribution < 1.29 is 48.3 Å². The molecule has 0 N–H and O–H groups in total. The van der Waals surface area contributed by atoms with Gasteiger partial charge in [-0.2, -0.15) is 0 Å². The van der Waals surface area contributed by atoms with Crippen molar-refractivity contribution >= 4 is 72.8 Å². The fraction of sp³-hybridized carbons (Fsp3) is 0.704. The van der Waals surface area contributed by atoms with Gasteiger partial charge in [0.25, 0.3) is 0 Å². The first-order valence-electron chi connectivity index (χ1n) is 25.0. The molecule has 0 saturated carbocycles. The number of aliphatic carboxylic acids is 2. The maximum atomic E-state index is 11.5. The molecule has 0 heterocycles. The van der Waals surface area contributed by atoms with Gasteiger partial charge in [0.15, 0.2) is 0 Å². The van der Waals surface area contributed by atoms with Crippen molar-refractivity contribution in [3.8, 4) is 0 Å². The summed E-state index contributed by atoms with van der Waals surface area (Å²) in [5.74, 6) is -4.21. The van der Waals surface area contributed by atoms with Crippen LogP contribution in [0.4, 0.5) is 0 Å². The first kappa shape index (κ1) is 62.8. The fourth-order valence-corrected chi connectivity index (χ4v) is 7.85. The number of hydrogen-bond acceptors (Lipinski definition) is 10. The molecule has 2 atom stereocenters. The van der Waals surface area contributed by atoms with Crippen LogP contribution in [0.15, 0.2) is 60.7 Å². The monoisotopic (exact) mass is 1030 g/mol. The molecule has 0 aliphatic heterocycles. The van der Waals surface area contributed by atoms with E-state index in [1.54, 1.807) is 0 Å². The number of hydrogen-bond donors (Lipinski definition) is 0. The number of benzene rings is 2. The third-order valence-corrected chi connectivity index (χ3v) is 11.5. The summed E-state index contributed by atoms with van der Waals surface area (Å²) >= 11 is 0. The second-order valence-electron chi connectivity index (χ2n) is 17.9. The van der Waals surface area contributed by atoms with Crippen molar-refractivity contribution in [2.75, 3.05) is 0 Å². The quantitative estimate of drug-likeness (QED) is 0.0273. The predicted octanol–water partition coefficient (Wildman–Crippen LogP) is 11.8. The second kappa shape index (κ2) is 42.0. The van der Waals surface area contributed by atoms with Crippen molar-refractivity contribution in [1.29, 1.82) is 0 Å². The number of ether oxygens (including phenoxy) is 4. The molecular weight excluding hydrogens is 946 g/mol. The van der Waals surface area contributed by atoms with E-state index >= 15 is 0 Å². The molecular formula is C54H86BaO10. The van der Waals surface area contributed by atoms with Gasteiger partial charge in [0.1, 0.15) is 0 Å². The summed E-state index contributed by atoms with van der Waals surface area (Å²) in [4.78, 5) is 43.7. The Kier molecular flexibility index (Phi) is 40.5.